The van der Waals surface area contributed by atoms with Crippen LogP contribution < -0.4 is 9.62 Å². The number of carboxylic acids is 2. The van der Waals surface area contributed by atoms with E-state index in [2.05, 4.69) is 16.7 Å². The van der Waals surface area contributed by atoms with E-state index in [1.165, 1.54) is 12.1 Å². The molecule has 0 spiro atoms. The molecule has 0 saturated heterocycles. The van der Waals surface area contributed by atoms with E-state index in [0.717, 1.165) is 35.7 Å². The van der Waals surface area contributed by atoms with E-state index in [1.54, 1.807) is 30.6 Å². The number of rotatable bonds is 9. The smallest absolute Gasteiger partial charge is 0.478 e. The van der Waals surface area contributed by atoms with Gasteiger partial charge < -0.3 is 15.1 Å². The summed E-state index contributed by atoms with van der Waals surface area (Å²) in [4.78, 5) is 22.6. The van der Waals surface area contributed by atoms with Crippen LogP contribution in [0.5, 0.6) is 0 Å². The average Bonchev–Trinajstić information content (AvgIpc) is 3.44. The fourth-order valence-corrected chi connectivity index (χ4v) is 5.23. The highest BCUT2D eigenvalue weighted by atomic mass is 32.2. The summed E-state index contributed by atoms with van der Waals surface area (Å²) in [5.74, 6) is -3.89. The Balaban J connectivity index is 0.000000604. The number of thiophene rings is 1. The van der Waals surface area contributed by atoms with Crippen molar-refractivity contribution in [3.63, 3.8) is 0 Å². The lowest BCUT2D eigenvalue weighted by Crippen LogP contribution is -2.22. The number of aromatic carboxylic acids is 1. The number of alkyl halides is 3. The number of carboxylic acid groups (broad SMARTS) is 2. The number of aryl methyl sites for hydroxylation is 2. The third kappa shape index (κ3) is 8.21. The van der Waals surface area contributed by atoms with E-state index in [9.17, 15) is 31.5 Å². The molecule has 0 atom stereocenters. The molecule has 0 amide bonds. The van der Waals surface area contributed by atoms with Gasteiger partial charge in [0.25, 0.3) is 10.0 Å². The Bertz CT molecular complexity index is 1340. The van der Waals surface area contributed by atoms with Crippen LogP contribution in [0.4, 0.5) is 24.5 Å². The SMILES string of the molecule is CCCn1nc(C)cc1CN(C)c1ccc(NS(=O)(=O)c2cccs2)cc1C(=O)O.O=C(O)C(F)(F)F. The summed E-state index contributed by atoms with van der Waals surface area (Å²) in [6.07, 6.45) is -4.14. The summed E-state index contributed by atoms with van der Waals surface area (Å²) in [6, 6.07) is 9.64. The second-order valence-electron chi connectivity index (χ2n) is 7.73. The molecule has 1 aromatic carbocycles. The Labute approximate surface area is 215 Å². The molecule has 2 aromatic heterocycles. The first-order valence-corrected chi connectivity index (χ1v) is 13.0. The topological polar surface area (TPSA) is 142 Å². The largest absolute Gasteiger partial charge is 0.490 e. The lowest BCUT2D eigenvalue weighted by Gasteiger charge is -2.22. The fourth-order valence-electron chi connectivity index (χ4n) is 3.19. The molecule has 2 heterocycles. The zero-order chi connectivity index (χ0) is 28.0. The number of aliphatic carboxylic acids is 1. The van der Waals surface area contributed by atoms with Crippen LogP contribution in [0.25, 0.3) is 0 Å². The first kappa shape index (κ1) is 29.6. The molecule has 3 N–H and O–H groups in total. The fraction of sp³-hybridized carbons (Fsp3) is 0.318. The van der Waals surface area contributed by atoms with Crippen LogP contribution in [-0.4, -0.2) is 53.6 Å². The number of halogens is 3. The highest BCUT2D eigenvalue weighted by Gasteiger charge is 2.38. The van der Waals surface area contributed by atoms with Crippen molar-refractivity contribution in [2.24, 2.45) is 0 Å². The molecule has 0 aliphatic carbocycles. The van der Waals surface area contributed by atoms with Gasteiger partial charge in [-0.25, -0.2) is 18.0 Å². The van der Waals surface area contributed by atoms with Crippen LogP contribution in [0.2, 0.25) is 0 Å². The monoisotopic (exact) mass is 562 g/mol. The van der Waals surface area contributed by atoms with E-state index in [-0.39, 0.29) is 15.5 Å². The molecule has 3 aromatic rings. The molecule has 0 radical (unpaired) electrons. The number of carbonyl (C=O) groups is 2. The van der Waals surface area contributed by atoms with Crippen molar-refractivity contribution < 1.29 is 41.4 Å². The standard InChI is InChI=1S/C20H24N4O4S2.C2HF3O2/c1-4-9-24-16(11-14(2)21-24)13-23(3)18-8-7-15(12-17(18)20(25)26)22-30(27,28)19-6-5-10-29-19;3-2(4,5)1(6)7/h5-8,10-12,22H,4,9,13H2,1-3H3,(H,25,26);(H,6,7). The quantitative estimate of drug-likeness (QED) is 0.348. The second-order valence-corrected chi connectivity index (χ2v) is 10.6. The zero-order valence-electron chi connectivity index (χ0n) is 20.0. The van der Waals surface area contributed by atoms with Gasteiger partial charge in [-0.15, -0.1) is 11.3 Å². The van der Waals surface area contributed by atoms with E-state index in [1.807, 2.05) is 22.6 Å². The van der Waals surface area contributed by atoms with Gasteiger partial charge in [0, 0.05) is 19.3 Å². The zero-order valence-corrected chi connectivity index (χ0v) is 21.6. The summed E-state index contributed by atoms with van der Waals surface area (Å²) in [6.45, 7) is 5.25. The number of hydrogen-bond donors (Lipinski definition) is 3. The van der Waals surface area contributed by atoms with Gasteiger partial charge in [0.05, 0.1) is 29.2 Å². The normalized spacial score (nSPS) is 11.4. The van der Waals surface area contributed by atoms with Gasteiger partial charge in [-0.2, -0.15) is 18.3 Å². The van der Waals surface area contributed by atoms with Crippen molar-refractivity contribution in [2.45, 2.75) is 43.7 Å². The lowest BCUT2D eigenvalue weighted by atomic mass is 10.1. The van der Waals surface area contributed by atoms with Gasteiger partial charge >= 0.3 is 18.1 Å². The number of aromatic nitrogens is 2. The highest BCUT2D eigenvalue weighted by Crippen LogP contribution is 2.27. The molecule has 0 aliphatic heterocycles. The average molecular weight is 563 g/mol. The molecule has 0 fully saturated rings. The lowest BCUT2D eigenvalue weighted by molar-refractivity contribution is -0.192. The Morgan fingerprint density at radius 2 is 1.84 bits per heavy atom. The predicted octanol–water partition coefficient (Wildman–Crippen LogP) is 4.43. The van der Waals surface area contributed by atoms with E-state index in [4.69, 9.17) is 9.90 Å². The van der Waals surface area contributed by atoms with Crippen LogP contribution in [0.15, 0.2) is 46.0 Å². The maximum atomic E-state index is 12.4. The molecule has 202 valence electrons. The minimum atomic E-state index is -5.08. The van der Waals surface area contributed by atoms with Crippen molar-refractivity contribution in [1.29, 1.82) is 0 Å². The number of nitrogens with zero attached hydrogens (tertiary/aromatic N) is 3. The summed E-state index contributed by atoms with van der Waals surface area (Å²) < 4.78 is 61.2. The van der Waals surface area contributed by atoms with Crippen LogP contribution in [0.3, 0.4) is 0 Å². The third-order valence-electron chi connectivity index (χ3n) is 4.71. The summed E-state index contributed by atoms with van der Waals surface area (Å²) in [7, 11) is -1.95. The predicted molar refractivity (Wildman–Crippen MR) is 132 cm³/mol. The van der Waals surface area contributed by atoms with Crippen LogP contribution in [0.1, 0.15) is 35.1 Å². The van der Waals surface area contributed by atoms with Gasteiger partial charge in [-0.3, -0.25) is 9.40 Å². The molecule has 0 bridgehead atoms. The van der Waals surface area contributed by atoms with Crippen molar-refractivity contribution in [2.75, 3.05) is 16.7 Å². The first-order valence-electron chi connectivity index (χ1n) is 10.6. The van der Waals surface area contributed by atoms with Crippen LogP contribution in [0, 0.1) is 6.92 Å². The Hall–Kier alpha value is -3.59. The first-order chi connectivity index (χ1) is 17.2. The minimum Gasteiger partial charge on any atom is -0.478 e. The maximum absolute atomic E-state index is 12.4. The minimum absolute atomic E-state index is 0.0159. The number of nitrogens with one attached hydrogen (secondary N) is 1. The second kappa shape index (κ2) is 12.1. The Kier molecular flexibility index (Phi) is 9.69. The van der Waals surface area contributed by atoms with Crippen molar-refractivity contribution in [1.82, 2.24) is 9.78 Å². The molecule has 37 heavy (non-hydrogen) atoms. The molecule has 0 aliphatic rings. The highest BCUT2D eigenvalue weighted by molar-refractivity contribution is 7.94. The van der Waals surface area contributed by atoms with Gasteiger partial charge in [0.15, 0.2) is 0 Å². The Morgan fingerprint density at radius 3 is 2.35 bits per heavy atom. The number of hydrogen-bond acceptors (Lipinski definition) is 7. The molecule has 0 saturated carbocycles. The van der Waals surface area contributed by atoms with E-state index >= 15 is 0 Å². The molecular formula is C22H25F3N4O6S2. The molecular weight excluding hydrogens is 537 g/mol. The number of sulfonamides is 1. The third-order valence-corrected chi connectivity index (χ3v) is 7.49. The van der Waals surface area contributed by atoms with Gasteiger partial charge in [-0.05, 0) is 49.1 Å². The van der Waals surface area contributed by atoms with Crippen molar-refractivity contribution >= 4 is 44.7 Å². The van der Waals surface area contributed by atoms with E-state index < -0.39 is 28.1 Å². The van der Waals surface area contributed by atoms with Crippen LogP contribution in [-0.2, 0) is 27.9 Å². The molecule has 3 rings (SSSR count). The Morgan fingerprint density at radius 1 is 1.19 bits per heavy atom. The molecule has 15 heteroatoms. The molecule has 0 unspecified atom stereocenters. The summed E-state index contributed by atoms with van der Waals surface area (Å²) in [5, 5.41) is 23.0. The van der Waals surface area contributed by atoms with Gasteiger partial charge in [0.1, 0.15) is 4.21 Å². The van der Waals surface area contributed by atoms with Gasteiger partial charge in [-0.1, -0.05) is 13.0 Å². The number of anilines is 2. The van der Waals surface area contributed by atoms with E-state index in [0.29, 0.717) is 12.2 Å². The summed E-state index contributed by atoms with van der Waals surface area (Å²) in [5.41, 5.74) is 2.59. The maximum Gasteiger partial charge on any atom is 0.490 e. The van der Waals surface area contributed by atoms with Crippen molar-refractivity contribution in [3.8, 4) is 0 Å². The van der Waals surface area contributed by atoms with Crippen molar-refractivity contribution in [3.05, 3.63) is 58.7 Å². The summed E-state index contributed by atoms with van der Waals surface area (Å²) >= 11 is 1.09. The molecule has 10 nitrogen and oxygen atoms in total. The number of benzene rings is 1. The van der Waals surface area contributed by atoms with Gasteiger partial charge in [0.2, 0.25) is 0 Å². The van der Waals surface area contributed by atoms with Crippen LogP contribution >= 0.6 is 11.3 Å².